The van der Waals surface area contributed by atoms with Crippen molar-refractivity contribution in [3.8, 4) is 11.3 Å². The van der Waals surface area contributed by atoms with Gasteiger partial charge in [-0.05, 0) is 49.1 Å². The van der Waals surface area contributed by atoms with Crippen molar-refractivity contribution in [3.05, 3.63) is 71.4 Å². The molecule has 0 amide bonds. The summed E-state index contributed by atoms with van der Waals surface area (Å²) in [5.74, 6) is 0.430. The molecule has 5 aromatic rings. The SMILES string of the molecule is Cc1ccc2c(n1)oc1c(-c3cc(C(C)C)c4ccccc4[n+]3C)c(C)ccc12. The molecule has 3 heterocycles. The molecule has 0 spiro atoms. The number of benzene rings is 2. The number of aryl methyl sites for hydroxylation is 3. The Morgan fingerprint density at radius 1 is 0.897 bits per heavy atom. The van der Waals surface area contributed by atoms with E-state index in [9.17, 15) is 0 Å². The molecular weight excluding hydrogens is 356 g/mol. The van der Waals surface area contributed by atoms with Crippen LogP contribution in [0.1, 0.15) is 36.6 Å². The molecule has 0 fully saturated rings. The summed E-state index contributed by atoms with van der Waals surface area (Å²) in [6.45, 7) is 8.67. The number of rotatable bonds is 2. The Kier molecular flexibility index (Phi) is 3.95. The summed E-state index contributed by atoms with van der Waals surface area (Å²) in [5, 5.41) is 3.49. The Hall–Kier alpha value is -3.20. The molecule has 3 aromatic heterocycles. The van der Waals surface area contributed by atoms with Gasteiger partial charge in [0.2, 0.25) is 16.9 Å². The first-order chi connectivity index (χ1) is 14.0. The highest BCUT2D eigenvalue weighted by molar-refractivity contribution is 6.09. The van der Waals surface area contributed by atoms with Gasteiger partial charge in [-0.2, -0.15) is 4.57 Å². The van der Waals surface area contributed by atoms with Crippen molar-refractivity contribution in [2.75, 3.05) is 0 Å². The van der Waals surface area contributed by atoms with Gasteiger partial charge in [0.1, 0.15) is 7.05 Å². The van der Waals surface area contributed by atoms with Gasteiger partial charge in [0.05, 0.1) is 5.56 Å². The Morgan fingerprint density at radius 2 is 1.66 bits per heavy atom. The van der Waals surface area contributed by atoms with Crippen LogP contribution in [-0.2, 0) is 7.05 Å². The molecule has 3 nitrogen and oxygen atoms in total. The Balaban J connectivity index is 1.93. The lowest BCUT2D eigenvalue weighted by Crippen LogP contribution is -2.33. The number of hydrogen-bond acceptors (Lipinski definition) is 2. The van der Waals surface area contributed by atoms with E-state index >= 15 is 0 Å². The number of aromatic nitrogens is 2. The Bertz CT molecular complexity index is 1410. The first kappa shape index (κ1) is 17.9. The third-order valence-corrected chi connectivity index (χ3v) is 5.96. The van der Waals surface area contributed by atoms with Crippen molar-refractivity contribution >= 4 is 33.0 Å². The lowest BCUT2D eigenvalue weighted by molar-refractivity contribution is -0.633. The summed E-state index contributed by atoms with van der Waals surface area (Å²) in [5.41, 5.74) is 8.70. The standard InChI is InChI=1S/C26H25N2O/c1-15(2)21-14-23(28(5)22-9-7-6-8-18(21)22)24-16(3)10-12-19-20-13-11-17(4)27-26(20)29-25(19)24/h6-15H,1-5H3/q+1. The summed E-state index contributed by atoms with van der Waals surface area (Å²) < 4.78 is 8.63. The van der Waals surface area contributed by atoms with Gasteiger partial charge in [-0.15, -0.1) is 0 Å². The third kappa shape index (κ3) is 2.65. The summed E-state index contributed by atoms with van der Waals surface area (Å²) in [6.07, 6.45) is 0. The van der Waals surface area contributed by atoms with Crippen molar-refractivity contribution in [2.45, 2.75) is 33.6 Å². The molecule has 0 bridgehead atoms. The van der Waals surface area contributed by atoms with Crippen molar-refractivity contribution < 1.29 is 8.98 Å². The Morgan fingerprint density at radius 3 is 2.45 bits per heavy atom. The molecule has 0 aliphatic carbocycles. The van der Waals surface area contributed by atoms with Gasteiger partial charge in [-0.1, -0.05) is 38.1 Å². The van der Waals surface area contributed by atoms with Crippen LogP contribution in [0.4, 0.5) is 0 Å². The van der Waals surface area contributed by atoms with Gasteiger partial charge in [-0.3, -0.25) is 0 Å². The molecule has 0 saturated heterocycles. The van der Waals surface area contributed by atoms with Crippen molar-refractivity contribution in [2.24, 2.45) is 7.05 Å². The molecular formula is C26H25N2O+. The van der Waals surface area contributed by atoms with Crippen molar-refractivity contribution in [1.82, 2.24) is 4.98 Å². The number of nitrogens with zero attached hydrogens (tertiary/aromatic N) is 2. The van der Waals surface area contributed by atoms with E-state index in [1.807, 2.05) is 13.0 Å². The second kappa shape index (κ2) is 6.41. The van der Waals surface area contributed by atoms with Gasteiger partial charge in [0, 0.05) is 34.0 Å². The normalized spacial score (nSPS) is 11.9. The fourth-order valence-corrected chi connectivity index (χ4v) is 4.41. The minimum absolute atomic E-state index is 0.430. The van der Waals surface area contributed by atoms with Crippen LogP contribution in [0, 0.1) is 13.8 Å². The van der Waals surface area contributed by atoms with E-state index in [1.54, 1.807) is 0 Å². The van der Waals surface area contributed by atoms with E-state index in [1.165, 1.54) is 27.7 Å². The topological polar surface area (TPSA) is 29.9 Å². The monoisotopic (exact) mass is 381 g/mol. The second-order valence-electron chi connectivity index (χ2n) is 8.26. The van der Waals surface area contributed by atoms with E-state index in [0.717, 1.165) is 27.6 Å². The van der Waals surface area contributed by atoms with Crippen molar-refractivity contribution in [3.63, 3.8) is 0 Å². The third-order valence-electron chi connectivity index (χ3n) is 5.96. The minimum atomic E-state index is 0.430. The summed E-state index contributed by atoms with van der Waals surface area (Å²) in [4.78, 5) is 4.62. The largest absolute Gasteiger partial charge is 0.437 e. The van der Waals surface area contributed by atoms with Gasteiger partial charge in [0.15, 0.2) is 5.58 Å². The Labute approximate surface area is 170 Å². The maximum absolute atomic E-state index is 6.34. The lowest BCUT2D eigenvalue weighted by Gasteiger charge is -2.13. The number of hydrogen-bond donors (Lipinski definition) is 0. The predicted molar refractivity (Wildman–Crippen MR) is 119 cm³/mol. The van der Waals surface area contributed by atoms with Gasteiger partial charge < -0.3 is 4.42 Å². The van der Waals surface area contributed by atoms with Crippen LogP contribution < -0.4 is 4.57 Å². The van der Waals surface area contributed by atoms with E-state index in [4.69, 9.17) is 4.42 Å². The van der Waals surface area contributed by atoms with Crippen LogP contribution in [-0.4, -0.2) is 4.98 Å². The number of para-hydroxylation sites is 1. The zero-order valence-electron chi connectivity index (χ0n) is 17.6. The average molecular weight is 381 g/mol. The van der Waals surface area contributed by atoms with Crippen molar-refractivity contribution in [1.29, 1.82) is 0 Å². The van der Waals surface area contributed by atoms with Crippen LogP contribution in [0.3, 0.4) is 0 Å². The predicted octanol–water partition coefficient (Wildman–Crippen LogP) is 6.37. The van der Waals surface area contributed by atoms with E-state index < -0.39 is 0 Å². The first-order valence-electron chi connectivity index (χ1n) is 10.2. The molecule has 0 aliphatic heterocycles. The molecule has 0 atom stereocenters. The number of furan rings is 1. The molecule has 0 saturated carbocycles. The van der Waals surface area contributed by atoms with E-state index in [-0.39, 0.29) is 0 Å². The zero-order chi connectivity index (χ0) is 20.3. The minimum Gasteiger partial charge on any atom is -0.437 e. The highest BCUT2D eigenvalue weighted by atomic mass is 16.3. The molecule has 0 aliphatic rings. The molecule has 3 heteroatoms. The van der Waals surface area contributed by atoms with Crippen LogP contribution >= 0.6 is 0 Å². The summed E-state index contributed by atoms with van der Waals surface area (Å²) >= 11 is 0. The lowest BCUT2D eigenvalue weighted by atomic mass is 9.94. The van der Waals surface area contributed by atoms with Crippen LogP contribution in [0.15, 0.2) is 59.0 Å². The maximum atomic E-state index is 6.34. The fraction of sp³-hybridized carbons (Fsp3) is 0.231. The van der Waals surface area contributed by atoms with Gasteiger partial charge in [-0.25, -0.2) is 4.98 Å². The van der Waals surface area contributed by atoms with Crippen LogP contribution in [0.25, 0.3) is 44.2 Å². The molecule has 144 valence electrons. The fourth-order valence-electron chi connectivity index (χ4n) is 4.41. The summed E-state index contributed by atoms with van der Waals surface area (Å²) in [6, 6.07) is 19.5. The van der Waals surface area contributed by atoms with E-state index in [2.05, 4.69) is 85.9 Å². The number of fused-ring (bicyclic) bond motifs is 4. The van der Waals surface area contributed by atoms with Crippen LogP contribution in [0.5, 0.6) is 0 Å². The molecule has 2 aromatic carbocycles. The smallest absolute Gasteiger partial charge is 0.227 e. The van der Waals surface area contributed by atoms with Gasteiger partial charge >= 0.3 is 0 Å². The molecule has 29 heavy (non-hydrogen) atoms. The summed E-state index contributed by atoms with van der Waals surface area (Å²) in [7, 11) is 2.14. The quantitative estimate of drug-likeness (QED) is 0.333. The highest BCUT2D eigenvalue weighted by Gasteiger charge is 2.24. The zero-order valence-corrected chi connectivity index (χ0v) is 17.6. The van der Waals surface area contributed by atoms with Crippen LogP contribution in [0.2, 0.25) is 0 Å². The van der Waals surface area contributed by atoms with E-state index in [0.29, 0.717) is 11.6 Å². The molecule has 5 rings (SSSR count). The molecule has 0 unspecified atom stereocenters. The molecule has 0 N–H and O–H groups in total. The maximum Gasteiger partial charge on any atom is 0.227 e. The van der Waals surface area contributed by atoms with Gasteiger partial charge in [0.25, 0.3) is 0 Å². The second-order valence-corrected chi connectivity index (χ2v) is 8.26. The first-order valence-corrected chi connectivity index (χ1v) is 10.2. The highest BCUT2D eigenvalue weighted by Crippen LogP contribution is 2.38. The molecule has 0 radical (unpaired) electrons. The number of pyridine rings is 2. The average Bonchev–Trinajstić information content (AvgIpc) is 3.06.